The molecule has 1 aromatic heterocycles. The van der Waals surface area contributed by atoms with Crippen LogP contribution in [0.2, 0.25) is 0 Å². The molecule has 12 rings (SSSR count). The van der Waals surface area contributed by atoms with Crippen LogP contribution >= 0.6 is 0 Å². The molecule has 0 amide bonds. The Morgan fingerprint density at radius 1 is 0.266 bits per heavy atom. The Kier molecular flexibility index (Phi) is 9.20. The Morgan fingerprint density at radius 2 is 0.812 bits per heavy atom. The number of hydrogen-bond donors (Lipinski definition) is 0. The summed E-state index contributed by atoms with van der Waals surface area (Å²) in [6, 6.07) is 92.6. The van der Waals surface area contributed by atoms with Gasteiger partial charge in [-0.1, -0.05) is 188 Å². The number of aromatic nitrogens is 1. The highest BCUT2D eigenvalue weighted by molar-refractivity contribution is 6.18. The summed E-state index contributed by atoms with van der Waals surface area (Å²) in [4.78, 5) is 2.37. The van der Waals surface area contributed by atoms with E-state index < -0.39 is 0 Å². The SMILES string of the molecule is c1ccc(-c2cc(-c3ccc(N(c4ccccc4)c4ccc(-c5ccc(-n6c7ccccc7c7ccc8ccccc8c76)cc5)c(-c5ccccc5)c4)cc3)c3ccccc3c2)cc1. The minimum Gasteiger partial charge on any atom is -0.310 e. The molecule has 0 radical (unpaired) electrons. The first-order chi connectivity index (χ1) is 31.7. The van der Waals surface area contributed by atoms with Gasteiger partial charge in [-0.2, -0.15) is 0 Å². The van der Waals surface area contributed by atoms with Crippen LogP contribution in [-0.4, -0.2) is 4.57 Å². The van der Waals surface area contributed by atoms with Crippen LogP contribution < -0.4 is 4.90 Å². The van der Waals surface area contributed by atoms with Gasteiger partial charge in [0.15, 0.2) is 0 Å². The summed E-state index contributed by atoms with van der Waals surface area (Å²) in [7, 11) is 0. The summed E-state index contributed by atoms with van der Waals surface area (Å²) < 4.78 is 2.43. The maximum absolute atomic E-state index is 2.43. The van der Waals surface area contributed by atoms with Gasteiger partial charge in [0.2, 0.25) is 0 Å². The maximum Gasteiger partial charge on any atom is 0.0619 e. The van der Waals surface area contributed by atoms with E-state index in [9.17, 15) is 0 Å². The number of nitrogens with zero attached hydrogens (tertiary/aromatic N) is 2. The van der Waals surface area contributed by atoms with Crippen LogP contribution in [0.1, 0.15) is 0 Å². The molecule has 0 aliphatic carbocycles. The van der Waals surface area contributed by atoms with Crippen molar-refractivity contribution >= 4 is 60.4 Å². The molecule has 0 fully saturated rings. The number of rotatable bonds is 8. The summed E-state index contributed by atoms with van der Waals surface area (Å²) in [6.45, 7) is 0. The lowest BCUT2D eigenvalue weighted by Crippen LogP contribution is -2.10. The molecule has 0 unspecified atom stereocenters. The predicted molar refractivity (Wildman–Crippen MR) is 272 cm³/mol. The molecule has 1 heterocycles. The van der Waals surface area contributed by atoms with Crippen LogP contribution in [0.15, 0.2) is 255 Å². The van der Waals surface area contributed by atoms with Crippen molar-refractivity contribution in [2.45, 2.75) is 0 Å². The zero-order chi connectivity index (χ0) is 42.4. The van der Waals surface area contributed by atoms with Gasteiger partial charge in [-0.15, -0.1) is 0 Å². The fourth-order valence-corrected chi connectivity index (χ4v) is 9.73. The summed E-state index contributed by atoms with van der Waals surface area (Å²) >= 11 is 0. The molecular weight excluding hydrogens is 773 g/mol. The fraction of sp³-hybridized carbons (Fsp3) is 0. The van der Waals surface area contributed by atoms with Gasteiger partial charge in [0, 0.05) is 38.9 Å². The number of fused-ring (bicyclic) bond motifs is 6. The van der Waals surface area contributed by atoms with Crippen molar-refractivity contribution < 1.29 is 0 Å². The van der Waals surface area contributed by atoms with Crippen LogP contribution in [-0.2, 0) is 0 Å². The topological polar surface area (TPSA) is 8.17 Å². The van der Waals surface area contributed by atoms with Gasteiger partial charge in [-0.25, -0.2) is 0 Å². The molecule has 11 aromatic carbocycles. The van der Waals surface area contributed by atoms with E-state index in [2.05, 4.69) is 264 Å². The smallest absolute Gasteiger partial charge is 0.0619 e. The molecular formula is C62H42N2. The second-order valence-corrected chi connectivity index (χ2v) is 16.5. The molecule has 2 heteroatoms. The van der Waals surface area contributed by atoms with Gasteiger partial charge >= 0.3 is 0 Å². The van der Waals surface area contributed by atoms with E-state index >= 15 is 0 Å². The van der Waals surface area contributed by atoms with Gasteiger partial charge < -0.3 is 9.47 Å². The third-order valence-corrected chi connectivity index (χ3v) is 12.8. The first-order valence-electron chi connectivity index (χ1n) is 22.0. The zero-order valence-corrected chi connectivity index (χ0v) is 35.1. The Hall–Kier alpha value is -8.46. The van der Waals surface area contributed by atoms with Crippen molar-refractivity contribution in [3.63, 3.8) is 0 Å². The Balaban J connectivity index is 0.962. The van der Waals surface area contributed by atoms with Crippen LogP contribution in [0.3, 0.4) is 0 Å². The van der Waals surface area contributed by atoms with Crippen molar-refractivity contribution in [2.75, 3.05) is 4.90 Å². The Bertz CT molecular complexity index is 3630. The molecule has 0 spiro atoms. The molecule has 0 aliphatic rings. The van der Waals surface area contributed by atoms with E-state index in [4.69, 9.17) is 0 Å². The lowest BCUT2D eigenvalue weighted by atomic mass is 9.92. The highest BCUT2D eigenvalue weighted by Gasteiger charge is 2.19. The normalized spacial score (nSPS) is 11.4. The van der Waals surface area contributed by atoms with E-state index in [1.807, 2.05) is 0 Å². The van der Waals surface area contributed by atoms with Crippen LogP contribution in [0.25, 0.3) is 93.5 Å². The number of anilines is 3. The monoisotopic (exact) mass is 814 g/mol. The maximum atomic E-state index is 2.43. The zero-order valence-electron chi connectivity index (χ0n) is 35.1. The predicted octanol–water partition coefficient (Wildman–Crippen LogP) is 17.2. The van der Waals surface area contributed by atoms with E-state index in [1.54, 1.807) is 0 Å². The summed E-state index contributed by atoms with van der Waals surface area (Å²) in [5.41, 5.74) is 16.4. The molecule has 12 aromatic rings. The quantitative estimate of drug-likeness (QED) is 0.148. The standard InChI is InChI=1S/C62H42N2/c1-4-16-43(17-5-1)49-40-48-21-11-12-24-54(48)59(41-49)47-30-33-51(34-31-47)63(50-22-8-3-9-23-50)53-37-39-55(60(42-53)44-18-6-2-7-19-44)46-28-35-52(36-29-46)64-61-27-15-14-26-57(61)58-38-32-45-20-10-13-25-56(45)62(58)64/h1-42H. The van der Waals surface area contributed by atoms with Gasteiger partial charge in [0.25, 0.3) is 0 Å². The first kappa shape index (κ1) is 37.3. The third kappa shape index (κ3) is 6.52. The summed E-state index contributed by atoms with van der Waals surface area (Å²) in [5.74, 6) is 0. The summed E-state index contributed by atoms with van der Waals surface area (Å²) in [6.07, 6.45) is 0. The third-order valence-electron chi connectivity index (χ3n) is 12.8. The van der Waals surface area contributed by atoms with Crippen molar-refractivity contribution in [2.24, 2.45) is 0 Å². The Labute approximate surface area is 373 Å². The van der Waals surface area contributed by atoms with Crippen molar-refractivity contribution in [1.82, 2.24) is 4.57 Å². The molecule has 0 bridgehead atoms. The molecule has 300 valence electrons. The van der Waals surface area contributed by atoms with Crippen LogP contribution in [0.5, 0.6) is 0 Å². The van der Waals surface area contributed by atoms with Crippen molar-refractivity contribution in [3.8, 4) is 50.2 Å². The summed E-state index contributed by atoms with van der Waals surface area (Å²) in [5, 5.41) is 7.50. The number of para-hydroxylation sites is 2. The molecule has 0 saturated heterocycles. The van der Waals surface area contributed by atoms with Crippen molar-refractivity contribution in [3.05, 3.63) is 255 Å². The van der Waals surface area contributed by atoms with E-state index in [0.29, 0.717) is 0 Å². The minimum atomic E-state index is 1.09. The van der Waals surface area contributed by atoms with Crippen LogP contribution in [0, 0.1) is 0 Å². The molecule has 64 heavy (non-hydrogen) atoms. The highest BCUT2D eigenvalue weighted by Crippen LogP contribution is 2.43. The molecule has 0 N–H and O–H groups in total. The first-order valence-corrected chi connectivity index (χ1v) is 22.0. The second-order valence-electron chi connectivity index (χ2n) is 16.5. The van der Waals surface area contributed by atoms with E-state index in [1.165, 1.54) is 87.9 Å². The largest absolute Gasteiger partial charge is 0.310 e. The number of hydrogen-bond acceptors (Lipinski definition) is 1. The lowest BCUT2D eigenvalue weighted by Gasteiger charge is -2.27. The van der Waals surface area contributed by atoms with Crippen molar-refractivity contribution in [1.29, 1.82) is 0 Å². The average molecular weight is 815 g/mol. The lowest BCUT2D eigenvalue weighted by molar-refractivity contribution is 1.19. The van der Waals surface area contributed by atoms with Gasteiger partial charge in [-0.05, 0) is 127 Å². The van der Waals surface area contributed by atoms with E-state index in [0.717, 1.165) is 22.7 Å². The average Bonchev–Trinajstić information content (AvgIpc) is 3.72. The second kappa shape index (κ2) is 15.8. The Morgan fingerprint density at radius 3 is 1.56 bits per heavy atom. The van der Waals surface area contributed by atoms with Gasteiger partial charge in [0.1, 0.15) is 0 Å². The highest BCUT2D eigenvalue weighted by atomic mass is 15.1. The van der Waals surface area contributed by atoms with Crippen LogP contribution in [0.4, 0.5) is 17.1 Å². The molecule has 0 saturated carbocycles. The van der Waals surface area contributed by atoms with E-state index in [-0.39, 0.29) is 0 Å². The van der Waals surface area contributed by atoms with Gasteiger partial charge in [-0.3, -0.25) is 0 Å². The fourth-order valence-electron chi connectivity index (χ4n) is 9.73. The minimum absolute atomic E-state index is 1.09. The molecule has 2 nitrogen and oxygen atoms in total. The molecule has 0 atom stereocenters. The molecule has 0 aliphatic heterocycles. The van der Waals surface area contributed by atoms with Gasteiger partial charge in [0.05, 0.1) is 11.0 Å². The number of benzene rings is 11.